The lowest BCUT2D eigenvalue weighted by Crippen LogP contribution is -2.37. The molecule has 5 rings (SSSR count). The van der Waals surface area contributed by atoms with Gasteiger partial charge in [-0.15, -0.1) is 0 Å². The van der Waals surface area contributed by atoms with E-state index in [-0.39, 0.29) is 11.8 Å². The number of amides is 2. The summed E-state index contributed by atoms with van der Waals surface area (Å²) in [6.07, 6.45) is 8.98. The fourth-order valence-electron chi connectivity index (χ4n) is 6.05. The first-order valence-electron chi connectivity index (χ1n) is 16.8. The van der Waals surface area contributed by atoms with Crippen molar-refractivity contribution in [3.05, 3.63) is 28.4 Å². The molecule has 0 atom stereocenters. The van der Waals surface area contributed by atoms with E-state index in [1.165, 1.54) is 20.0 Å². The molecule has 254 valence electrons. The Labute approximate surface area is 278 Å². The summed E-state index contributed by atoms with van der Waals surface area (Å²) < 4.78 is 16.1. The number of hydrogen-bond donors (Lipinski definition) is 2. The first kappa shape index (κ1) is 35.7. The van der Waals surface area contributed by atoms with Gasteiger partial charge in [0.05, 0.1) is 49.9 Å². The summed E-state index contributed by atoms with van der Waals surface area (Å²) in [5.74, 6) is 2.61. The van der Waals surface area contributed by atoms with Crippen LogP contribution in [0.15, 0.2) is 12.1 Å². The lowest BCUT2D eigenvalue weighted by molar-refractivity contribution is -0.117. The number of aryl methyl sites for hydroxylation is 2. The standard InChI is InChI=1S/C17H24ClN3O3.C17H27N3O2/c1-23-17-16(20-15(22)10-12-4-2-3-5-12)13(18)11-14(19-17)21-6-8-24-9-7-21;1-4-5-6-7-16(21)19-17-13(2)12-15(18-14(17)3)20-8-10-22-11-9-20/h11-12H,2-10H2,1H3,(H,20,22);12H,4-11H2,1-3H3,(H,19,21). The second kappa shape index (κ2) is 18.3. The number of carbonyl (C=O) groups excluding carboxylic acids is 2. The highest BCUT2D eigenvalue weighted by atomic mass is 35.5. The molecule has 12 heteroatoms. The molecular formula is C34H51ClN6O5. The minimum absolute atomic E-state index is 0.0250. The number of nitrogens with zero attached hydrogens (tertiary/aromatic N) is 4. The SMILES string of the molecule is CCCCCC(=O)Nc1c(C)cc(N2CCOCC2)nc1C.COc1nc(N2CCOCC2)cc(Cl)c1NC(=O)CC1CCCC1. The number of carbonyl (C=O) groups is 2. The highest BCUT2D eigenvalue weighted by molar-refractivity contribution is 6.34. The number of unbranched alkanes of at least 4 members (excludes halogenated alkanes) is 2. The van der Waals surface area contributed by atoms with Crippen LogP contribution < -0.4 is 25.2 Å². The molecule has 0 spiro atoms. The Hall–Kier alpha value is -3.15. The molecule has 2 aliphatic heterocycles. The summed E-state index contributed by atoms with van der Waals surface area (Å²) in [5, 5.41) is 6.36. The molecule has 0 radical (unpaired) electrons. The predicted octanol–water partition coefficient (Wildman–Crippen LogP) is 6.15. The van der Waals surface area contributed by atoms with Crippen LogP contribution in [0.4, 0.5) is 23.0 Å². The summed E-state index contributed by atoms with van der Waals surface area (Å²) in [4.78, 5) is 37.8. The van der Waals surface area contributed by atoms with Crippen molar-refractivity contribution >= 4 is 46.4 Å². The zero-order chi connectivity index (χ0) is 32.9. The molecule has 2 amide bonds. The Bertz CT molecular complexity index is 1270. The minimum atomic E-state index is -0.0250. The number of halogens is 1. The molecule has 4 heterocycles. The average molecular weight is 659 g/mol. The van der Waals surface area contributed by atoms with Gasteiger partial charge in [0.15, 0.2) is 0 Å². The maximum Gasteiger partial charge on any atom is 0.241 e. The number of hydrogen-bond acceptors (Lipinski definition) is 9. The highest BCUT2D eigenvalue weighted by Crippen LogP contribution is 2.35. The van der Waals surface area contributed by atoms with E-state index < -0.39 is 0 Å². The van der Waals surface area contributed by atoms with E-state index in [1.807, 2.05) is 13.8 Å². The Balaban J connectivity index is 0.000000210. The van der Waals surface area contributed by atoms with Crippen molar-refractivity contribution in [2.24, 2.45) is 5.92 Å². The molecule has 0 unspecified atom stereocenters. The number of morpholine rings is 2. The summed E-state index contributed by atoms with van der Waals surface area (Å²) in [5.41, 5.74) is 3.26. The smallest absolute Gasteiger partial charge is 0.241 e. The van der Waals surface area contributed by atoms with Gasteiger partial charge in [-0.2, -0.15) is 4.98 Å². The van der Waals surface area contributed by atoms with Crippen LogP contribution in [0.5, 0.6) is 5.88 Å². The fourth-order valence-corrected chi connectivity index (χ4v) is 6.28. The second-order valence-corrected chi connectivity index (χ2v) is 12.6. The van der Waals surface area contributed by atoms with Gasteiger partial charge in [-0.1, -0.05) is 44.2 Å². The maximum absolute atomic E-state index is 12.3. The summed E-state index contributed by atoms with van der Waals surface area (Å²) in [7, 11) is 1.54. The van der Waals surface area contributed by atoms with Crippen molar-refractivity contribution in [1.29, 1.82) is 0 Å². The van der Waals surface area contributed by atoms with Crippen LogP contribution >= 0.6 is 11.6 Å². The van der Waals surface area contributed by atoms with E-state index in [0.29, 0.717) is 48.6 Å². The highest BCUT2D eigenvalue weighted by Gasteiger charge is 2.23. The van der Waals surface area contributed by atoms with Crippen molar-refractivity contribution < 1.29 is 23.8 Å². The molecule has 2 aromatic rings. The Morgan fingerprint density at radius 3 is 2.04 bits per heavy atom. The van der Waals surface area contributed by atoms with Crippen LogP contribution in [0.3, 0.4) is 0 Å². The van der Waals surface area contributed by atoms with Crippen LogP contribution in [0.2, 0.25) is 5.02 Å². The van der Waals surface area contributed by atoms with E-state index in [2.05, 4.69) is 43.4 Å². The number of nitrogens with one attached hydrogen (secondary N) is 2. The molecule has 1 aliphatic carbocycles. The largest absolute Gasteiger partial charge is 0.479 e. The molecule has 11 nitrogen and oxygen atoms in total. The fraction of sp³-hybridized carbons (Fsp3) is 0.647. The van der Waals surface area contributed by atoms with Crippen molar-refractivity contribution in [3.8, 4) is 5.88 Å². The monoisotopic (exact) mass is 658 g/mol. The third kappa shape index (κ3) is 10.4. The van der Waals surface area contributed by atoms with E-state index in [4.69, 9.17) is 25.8 Å². The average Bonchev–Trinajstić information content (AvgIpc) is 3.57. The van der Waals surface area contributed by atoms with Gasteiger partial charge < -0.3 is 34.6 Å². The third-order valence-corrected chi connectivity index (χ3v) is 8.96. The first-order chi connectivity index (χ1) is 22.3. The Kier molecular flexibility index (Phi) is 14.2. The molecule has 3 fully saturated rings. The quantitative estimate of drug-likeness (QED) is 0.274. The molecular weight excluding hydrogens is 608 g/mol. The van der Waals surface area contributed by atoms with Gasteiger partial charge in [0.25, 0.3) is 0 Å². The van der Waals surface area contributed by atoms with Crippen LogP contribution in [0.1, 0.15) is 76.0 Å². The molecule has 1 saturated carbocycles. The number of ether oxygens (including phenoxy) is 3. The summed E-state index contributed by atoms with van der Waals surface area (Å²) >= 11 is 6.40. The molecule has 3 aliphatic rings. The Morgan fingerprint density at radius 1 is 0.891 bits per heavy atom. The lowest BCUT2D eigenvalue weighted by Gasteiger charge is -2.28. The van der Waals surface area contributed by atoms with Crippen molar-refractivity contribution in [2.75, 3.05) is 80.1 Å². The van der Waals surface area contributed by atoms with E-state index in [9.17, 15) is 9.59 Å². The van der Waals surface area contributed by atoms with Gasteiger partial charge in [0.2, 0.25) is 17.7 Å². The van der Waals surface area contributed by atoms with Crippen LogP contribution in [-0.2, 0) is 19.1 Å². The predicted molar refractivity (Wildman–Crippen MR) is 184 cm³/mol. The normalized spacial score (nSPS) is 16.9. The topological polar surface area (TPSA) is 118 Å². The molecule has 2 N–H and O–H groups in total. The van der Waals surface area contributed by atoms with E-state index >= 15 is 0 Å². The number of pyridine rings is 2. The van der Waals surface area contributed by atoms with E-state index in [0.717, 1.165) is 100 Å². The van der Waals surface area contributed by atoms with Crippen LogP contribution in [0, 0.1) is 19.8 Å². The zero-order valence-electron chi connectivity index (χ0n) is 28.0. The van der Waals surface area contributed by atoms with Gasteiger partial charge in [0, 0.05) is 45.1 Å². The van der Waals surface area contributed by atoms with Gasteiger partial charge in [-0.3, -0.25) is 9.59 Å². The molecule has 2 saturated heterocycles. The van der Waals surface area contributed by atoms with Crippen molar-refractivity contribution in [1.82, 2.24) is 9.97 Å². The van der Waals surface area contributed by atoms with Crippen LogP contribution in [-0.4, -0.2) is 81.5 Å². The van der Waals surface area contributed by atoms with Crippen molar-refractivity contribution in [2.45, 2.75) is 78.6 Å². The number of rotatable bonds is 11. The van der Waals surface area contributed by atoms with Crippen LogP contribution in [0.25, 0.3) is 0 Å². The molecule has 2 aromatic heterocycles. The Morgan fingerprint density at radius 2 is 1.48 bits per heavy atom. The third-order valence-electron chi connectivity index (χ3n) is 8.66. The van der Waals surface area contributed by atoms with Gasteiger partial charge in [-0.05, 0) is 50.7 Å². The zero-order valence-corrected chi connectivity index (χ0v) is 28.7. The van der Waals surface area contributed by atoms with E-state index in [1.54, 1.807) is 6.07 Å². The number of aromatic nitrogens is 2. The lowest BCUT2D eigenvalue weighted by atomic mass is 10.0. The van der Waals surface area contributed by atoms with Gasteiger partial charge in [0.1, 0.15) is 17.3 Å². The number of methoxy groups -OCH3 is 1. The molecule has 0 aromatic carbocycles. The first-order valence-corrected chi connectivity index (χ1v) is 17.1. The maximum atomic E-state index is 12.3. The summed E-state index contributed by atoms with van der Waals surface area (Å²) in [6.45, 7) is 12.2. The molecule has 46 heavy (non-hydrogen) atoms. The van der Waals surface area contributed by atoms with Gasteiger partial charge in [-0.25, -0.2) is 4.98 Å². The summed E-state index contributed by atoms with van der Waals surface area (Å²) in [6, 6.07) is 3.83. The molecule has 0 bridgehead atoms. The second-order valence-electron chi connectivity index (χ2n) is 12.2. The van der Waals surface area contributed by atoms with Crippen molar-refractivity contribution in [3.63, 3.8) is 0 Å². The minimum Gasteiger partial charge on any atom is -0.479 e. The van der Waals surface area contributed by atoms with Gasteiger partial charge >= 0.3 is 0 Å². The number of anilines is 4.